The Bertz CT molecular complexity index is 1060. The van der Waals surface area contributed by atoms with Gasteiger partial charge >= 0.3 is 5.97 Å². The number of amides is 1. The molecule has 0 aliphatic rings. The number of esters is 1. The molecule has 382 valence electrons. The van der Waals surface area contributed by atoms with Crippen LogP contribution < -0.4 is 5.32 Å². The monoisotopic (exact) mass is 914 g/mol. The molecule has 0 aromatic heterocycles. The Morgan fingerprint density at radius 2 is 0.769 bits per heavy atom. The van der Waals surface area contributed by atoms with Gasteiger partial charge in [-0.1, -0.05) is 262 Å². The molecule has 0 aliphatic carbocycles. The summed E-state index contributed by atoms with van der Waals surface area (Å²) in [5.74, 6) is -0.0768. The molecule has 0 saturated heterocycles. The van der Waals surface area contributed by atoms with Crippen molar-refractivity contribution in [2.24, 2.45) is 0 Å². The van der Waals surface area contributed by atoms with Gasteiger partial charge in [0, 0.05) is 12.8 Å². The van der Waals surface area contributed by atoms with Crippen LogP contribution in [-0.2, 0) is 14.3 Å². The number of rotatable bonds is 53. The van der Waals surface area contributed by atoms with Crippen LogP contribution in [0, 0.1) is 0 Å². The molecule has 0 rings (SSSR count). The average Bonchev–Trinajstić information content (AvgIpc) is 3.31. The quantitative estimate of drug-likeness (QED) is 0.0321. The van der Waals surface area contributed by atoms with Crippen molar-refractivity contribution in [3.05, 3.63) is 36.5 Å². The highest BCUT2D eigenvalue weighted by molar-refractivity contribution is 5.76. The smallest absolute Gasteiger partial charge is 0.305 e. The van der Waals surface area contributed by atoms with Crippen LogP contribution in [0.25, 0.3) is 0 Å². The first kappa shape index (κ1) is 63.1. The molecule has 2 atom stereocenters. The summed E-state index contributed by atoms with van der Waals surface area (Å²) in [5.41, 5.74) is 0. The Morgan fingerprint density at radius 3 is 1.20 bits per heavy atom. The van der Waals surface area contributed by atoms with Crippen molar-refractivity contribution in [1.29, 1.82) is 0 Å². The number of hydrogen-bond donors (Lipinski definition) is 3. The normalized spacial score (nSPS) is 12.9. The van der Waals surface area contributed by atoms with Crippen LogP contribution in [0.5, 0.6) is 0 Å². The summed E-state index contributed by atoms with van der Waals surface area (Å²) in [6, 6.07) is -0.632. The van der Waals surface area contributed by atoms with Gasteiger partial charge in [-0.2, -0.15) is 0 Å². The van der Waals surface area contributed by atoms with Gasteiger partial charge in [0.1, 0.15) is 0 Å². The first-order chi connectivity index (χ1) is 32.0. The van der Waals surface area contributed by atoms with E-state index in [9.17, 15) is 19.8 Å². The van der Waals surface area contributed by atoms with Crippen molar-refractivity contribution in [2.75, 3.05) is 13.2 Å². The zero-order valence-corrected chi connectivity index (χ0v) is 43.5. The van der Waals surface area contributed by atoms with Crippen molar-refractivity contribution in [3.63, 3.8) is 0 Å². The van der Waals surface area contributed by atoms with Crippen molar-refractivity contribution >= 4 is 11.9 Å². The number of aliphatic hydroxyl groups excluding tert-OH is 2. The van der Waals surface area contributed by atoms with E-state index in [2.05, 4.69) is 43.5 Å². The molecule has 0 spiro atoms. The summed E-state index contributed by atoms with van der Waals surface area (Å²) in [7, 11) is 0. The number of unbranched alkanes of at least 4 members (excludes halogenated alkanes) is 38. The lowest BCUT2D eigenvalue weighted by atomic mass is 10.0. The molecule has 0 radical (unpaired) electrons. The minimum Gasteiger partial charge on any atom is -0.466 e. The van der Waals surface area contributed by atoms with E-state index >= 15 is 0 Å². The Balaban J connectivity index is 3.44. The summed E-state index contributed by atoms with van der Waals surface area (Å²) in [6.07, 6.45) is 67.3. The van der Waals surface area contributed by atoms with Gasteiger partial charge in [-0.15, -0.1) is 0 Å². The van der Waals surface area contributed by atoms with Crippen molar-refractivity contribution in [2.45, 2.75) is 315 Å². The van der Waals surface area contributed by atoms with Crippen LogP contribution in [-0.4, -0.2) is 47.4 Å². The molecule has 6 nitrogen and oxygen atoms in total. The van der Waals surface area contributed by atoms with E-state index in [0.717, 1.165) is 51.4 Å². The molecule has 0 aromatic carbocycles. The summed E-state index contributed by atoms with van der Waals surface area (Å²) in [5, 5.41) is 23.1. The van der Waals surface area contributed by atoms with Crippen LogP contribution in [0.2, 0.25) is 0 Å². The van der Waals surface area contributed by atoms with E-state index in [1.165, 1.54) is 225 Å². The number of ether oxygens (including phenoxy) is 1. The third kappa shape index (κ3) is 51.3. The zero-order valence-electron chi connectivity index (χ0n) is 43.5. The van der Waals surface area contributed by atoms with E-state index in [1.54, 1.807) is 6.08 Å². The molecule has 0 fully saturated rings. The van der Waals surface area contributed by atoms with E-state index < -0.39 is 12.1 Å². The molecular formula is C59H111NO5. The van der Waals surface area contributed by atoms with Gasteiger partial charge < -0.3 is 20.3 Å². The molecule has 0 aromatic rings. The van der Waals surface area contributed by atoms with Gasteiger partial charge in [0.25, 0.3) is 0 Å². The molecule has 3 N–H and O–H groups in total. The standard InChI is InChI=1S/C59H111NO5/c1-3-5-7-9-11-13-15-17-19-21-25-29-33-37-41-45-49-53-59(64)65-54-50-46-42-38-34-30-26-23-20-22-24-28-32-36-40-44-48-52-58(63)60-56(55-61)57(62)51-47-43-39-35-31-27-18-16-14-12-10-8-6-4-2/h11,13,17,19,47,51,56-57,61-62H,3-10,12,14-16,18,20-46,48-50,52-55H2,1-2H3,(H,60,63)/b13-11-,19-17-,51-47+. The van der Waals surface area contributed by atoms with Gasteiger partial charge in [0.05, 0.1) is 25.4 Å². The second-order valence-corrected chi connectivity index (χ2v) is 19.6. The molecule has 0 aliphatic heterocycles. The summed E-state index contributed by atoms with van der Waals surface area (Å²) in [4.78, 5) is 24.5. The first-order valence-corrected chi connectivity index (χ1v) is 28.8. The fourth-order valence-corrected chi connectivity index (χ4v) is 8.72. The van der Waals surface area contributed by atoms with Crippen molar-refractivity contribution in [1.82, 2.24) is 5.32 Å². The fraction of sp³-hybridized carbons (Fsp3) is 0.864. The Hall–Kier alpha value is -1.92. The van der Waals surface area contributed by atoms with Crippen molar-refractivity contribution < 1.29 is 24.5 Å². The summed E-state index contributed by atoms with van der Waals surface area (Å²) >= 11 is 0. The minimum atomic E-state index is -0.848. The molecular weight excluding hydrogens is 803 g/mol. The molecule has 1 amide bonds. The van der Waals surface area contributed by atoms with E-state index in [1.807, 2.05) is 6.08 Å². The van der Waals surface area contributed by atoms with Gasteiger partial charge in [-0.3, -0.25) is 9.59 Å². The Labute approximate surface area is 404 Å². The van der Waals surface area contributed by atoms with E-state index in [4.69, 9.17) is 4.74 Å². The van der Waals surface area contributed by atoms with Gasteiger partial charge in [0.2, 0.25) is 5.91 Å². The van der Waals surface area contributed by atoms with E-state index in [0.29, 0.717) is 19.4 Å². The molecule has 2 unspecified atom stereocenters. The lowest BCUT2D eigenvalue weighted by molar-refractivity contribution is -0.143. The highest BCUT2D eigenvalue weighted by atomic mass is 16.5. The number of carbonyl (C=O) groups excluding carboxylic acids is 2. The summed E-state index contributed by atoms with van der Waals surface area (Å²) < 4.78 is 5.48. The lowest BCUT2D eigenvalue weighted by Crippen LogP contribution is -2.45. The van der Waals surface area contributed by atoms with Gasteiger partial charge in [0.15, 0.2) is 0 Å². The minimum absolute atomic E-state index is 0.00350. The molecule has 0 bridgehead atoms. The molecule has 0 heterocycles. The maximum atomic E-state index is 12.4. The predicted molar refractivity (Wildman–Crippen MR) is 283 cm³/mol. The van der Waals surface area contributed by atoms with Crippen molar-refractivity contribution in [3.8, 4) is 0 Å². The van der Waals surface area contributed by atoms with Gasteiger partial charge in [-0.05, 0) is 64.2 Å². The zero-order chi connectivity index (χ0) is 47.2. The number of allylic oxidation sites excluding steroid dienone is 5. The van der Waals surface area contributed by atoms with Crippen LogP contribution in [0.4, 0.5) is 0 Å². The largest absolute Gasteiger partial charge is 0.466 e. The SMILES string of the molecule is CCCCC/C=C\C/C=C\CCCCCCCCCC(=O)OCCCCCCCCCCCCCCCCCCCC(=O)NC(CO)C(O)/C=C/CCCCCCCCCCCCCC. The lowest BCUT2D eigenvalue weighted by Gasteiger charge is -2.20. The third-order valence-corrected chi connectivity index (χ3v) is 13.2. The van der Waals surface area contributed by atoms with Crippen LogP contribution in [0.3, 0.4) is 0 Å². The average molecular weight is 915 g/mol. The van der Waals surface area contributed by atoms with Crippen LogP contribution in [0.15, 0.2) is 36.5 Å². The fourth-order valence-electron chi connectivity index (χ4n) is 8.72. The predicted octanol–water partition coefficient (Wildman–Crippen LogP) is 17.6. The second kappa shape index (κ2) is 54.7. The molecule has 6 heteroatoms. The Morgan fingerprint density at radius 1 is 0.431 bits per heavy atom. The molecule has 0 saturated carbocycles. The topological polar surface area (TPSA) is 95.9 Å². The number of hydrogen-bond acceptors (Lipinski definition) is 5. The van der Waals surface area contributed by atoms with Gasteiger partial charge in [-0.25, -0.2) is 0 Å². The van der Waals surface area contributed by atoms with E-state index in [-0.39, 0.29) is 18.5 Å². The summed E-state index contributed by atoms with van der Waals surface area (Å²) in [6.45, 7) is 4.87. The number of nitrogens with one attached hydrogen (secondary N) is 1. The number of carbonyl (C=O) groups is 2. The number of aliphatic hydroxyl groups is 2. The third-order valence-electron chi connectivity index (χ3n) is 13.2. The van der Waals surface area contributed by atoms with Crippen LogP contribution >= 0.6 is 0 Å². The first-order valence-electron chi connectivity index (χ1n) is 28.8. The highest BCUT2D eigenvalue weighted by Crippen LogP contribution is 2.16. The maximum absolute atomic E-state index is 12.4. The van der Waals surface area contributed by atoms with Crippen LogP contribution in [0.1, 0.15) is 303 Å². The Kier molecular flexibility index (Phi) is 53.1. The molecule has 65 heavy (non-hydrogen) atoms. The highest BCUT2D eigenvalue weighted by Gasteiger charge is 2.18. The maximum Gasteiger partial charge on any atom is 0.305 e. The second-order valence-electron chi connectivity index (χ2n) is 19.6.